The van der Waals surface area contributed by atoms with Crippen LogP contribution in [0.5, 0.6) is 0 Å². The van der Waals surface area contributed by atoms with Crippen molar-refractivity contribution in [2.45, 2.75) is 70.7 Å². The number of aryl methyl sites for hydroxylation is 1. The highest BCUT2D eigenvalue weighted by molar-refractivity contribution is 5.96. The molecule has 2 amide bonds. The Morgan fingerprint density at radius 3 is 2.68 bits per heavy atom. The van der Waals surface area contributed by atoms with Crippen molar-refractivity contribution in [1.29, 1.82) is 0 Å². The van der Waals surface area contributed by atoms with Gasteiger partial charge in [-0.15, -0.1) is 0 Å². The SMILES string of the molecule is CN1CCN(c2cccc3c2C[C@@H](CN(C)[C@H]2CCCc4cccnc42)N(C(=O)OC(C)(C)C)C3)C(=O)C1. The Balaban J connectivity index is 1.45. The number of rotatable bonds is 4. The fourth-order valence-electron chi connectivity index (χ4n) is 6.13. The van der Waals surface area contributed by atoms with Crippen LogP contribution in [0.25, 0.3) is 0 Å². The molecule has 8 nitrogen and oxygen atoms in total. The highest BCUT2D eigenvalue weighted by atomic mass is 16.6. The standard InChI is InChI=1S/C30H41N5O3/c1-30(2,3)38-29(37)35-18-22-10-7-12-25(34-16-15-32(4)20-27(34)36)24(22)17-23(35)19-33(5)26-13-6-9-21-11-8-14-31-28(21)26/h7-8,10-12,14,23,26H,6,9,13,15-20H2,1-5H3/t23-,26-/m0/s1. The molecule has 1 aliphatic carbocycles. The van der Waals surface area contributed by atoms with Gasteiger partial charge >= 0.3 is 6.09 Å². The van der Waals surface area contributed by atoms with Crippen molar-refractivity contribution in [2.24, 2.45) is 0 Å². The molecule has 5 rings (SSSR count). The van der Waals surface area contributed by atoms with Gasteiger partial charge < -0.3 is 9.64 Å². The Kier molecular flexibility index (Phi) is 7.47. The Hall–Kier alpha value is -2.97. The van der Waals surface area contributed by atoms with E-state index in [1.165, 1.54) is 11.1 Å². The van der Waals surface area contributed by atoms with Crippen LogP contribution in [0.1, 0.15) is 62.0 Å². The number of amides is 2. The second-order valence-electron chi connectivity index (χ2n) is 12.1. The fourth-order valence-corrected chi connectivity index (χ4v) is 6.13. The lowest BCUT2D eigenvalue weighted by molar-refractivity contribution is -0.120. The topological polar surface area (TPSA) is 69.2 Å². The van der Waals surface area contributed by atoms with Gasteiger partial charge in [0.1, 0.15) is 5.60 Å². The number of pyridine rings is 1. The average molecular weight is 520 g/mol. The summed E-state index contributed by atoms with van der Waals surface area (Å²) in [5, 5.41) is 0. The zero-order chi connectivity index (χ0) is 27.0. The molecule has 0 saturated carbocycles. The van der Waals surface area contributed by atoms with Crippen LogP contribution < -0.4 is 4.90 Å². The van der Waals surface area contributed by atoms with Gasteiger partial charge in [-0.3, -0.25) is 24.5 Å². The van der Waals surface area contributed by atoms with Crippen LogP contribution in [0.2, 0.25) is 0 Å². The van der Waals surface area contributed by atoms with Gasteiger partial charge in [0.2, 0.25) is 5.91 Å². The summed E-state index contributed by atoms with van der Waals surface area (Å²) in [5.74, 6) is 0.125. The third-order valence-corrected chi connectivity index (χ3v) is 8.00. The summed E-state index contributed by atoms with van der Waals surface area (Å²) >= 11 is 0. The van der Waals surface area contributed by atoms with Gasteiger partial charge in [-0.2, -0.15) is 0 Å². The Morgan fingerprint density at radius 2 is 1.92 bits per heavy atom. The highest BCUT2D eigenvalue weighted by Gasteiger charge is 2.37. The molecule has 1 saturated heterocycles. The first-order valence-corrected chi connectivity index (χ1v) is 13.8. The van der Waals surface area contributed by atoms with Gasteiger partial charge in [-0.1, -0.05) is 18.2 Å². The molecule has 0 radical (unpaired) electrons. The van der Waals surface area contributed by atoms with Crippen LogP contribution in [-0.4, -0.2) is 83.6 Å². The van der Waals surface area contributed by atoms with Crippen LogP contribution in [0.15, 0.2) is 36.5 Å². The molecule has 2 aliphatic heterocycles. The predicted molar refractivity (Wildman–Crippen MR) is 148 cm³/mol. The number of aromatic nitrogens is 1. The summed E-state index contributed by atoms with van der Waals surface area (Å²) in [6.07, 6.45) is 5.52. The van der Waals surface area contributed by atoms with E-state index in [0.29, 0.717) is 32.6 Å². The molecule has 2 aromatic rings. The van der Waals surface area contributed by atoms with Crippen molar-refractivity contribution < 1.29 is 14.3 Å². The molecule has 1 aromatic carbocycles. The van der Waals surface area contributed by atoms with Crippen LogP contribution in [-0.2, 0) is 28.9 Å². The summed E-state index contributed by atoms with van der Waals surface area (Å²) < 4.78 is 5.87. The summed E-state index contributed by atoms with van der Waals surface area (Å²) in [6.45, 7) is 8.84. The van der Waals surface area contributed by atoms with Crippen LogP contribution in [0, 0.1) is 0 Å². The van der Waals surface area contributed by atoms with Gasteiger partial charge in [-0.25, -0.2) is 4.79 Å². The van der Waals surface area contributed by atoms with Crippen molar-refractivity contribution in [3.05, 3.63) is 58.9 Å². The zero-order valence-corrected chi connectivity index (χ0v) is 23.4. The van der Waals surface area contributed by atoms with E-state index in [4.69, 9.17) is 9.72 Å². The molecule has 38 heavy (non-hydrogen) atoms. The van der Waals surface area contributed by atoms with Gasteiger partial charge in [0.05, 0.1) is 24.3 Å². The first kappa shape index (κ1) is 26.6. The molecule has 1 fully saturated rings. The zero-order valence-electron chi connectivity index (χ0n) is 23.4. The molecule has 3 aliphatic rings. The van der Waals surface area contributed by atoms with Crippen LogP contribution in [0.4, 0.5) is 10.5 Å². The van der Waals surface area contributed by atoms with Crippen molar-refractivity contribution in [2.75, 3.05) is 45.2 Å². The molecule has 8 heteroatoms. The monoisotopic (exact) mass is 519 g/mol. The number of piperazine rings is 1. The lowest BCUT2D eigenvalue weighted by Gasteiger charge is -2.43. The molecule has 204 valence electrons. The maximum absolute atomic E-state index is 13.5. The van der Waals surface area contributed by atoms with E-state index in [2.05, 4.69) is 35.0 Å². The second kappa shape index (κ2) is 10.7. The average Bonchev–Trinajstić information content (AvgIpc) is 2.87. The number of benzene rings is 1. The lowest BCUT2D eigenvalue weighted by atomic mass is 9.89. The van der Waals surface area contributed by atoms with E-state index < -0.39 is 5.60 Å². The minimum absolute atomic E-state index is 0.0832. The Morgan fingerprint density at radius 1 is 1.13 bits per heavy atom. The number of carbonyl (C=O) groups is 2. The molecule has 1 aromatic heterocycles. The number of nitrogens with zero attached hydrogens (tertiary/aromatic N) is 5. The molecule has 2 atom stereocenters. The van der Waals surface area contributed by atoms with Crippen molar-refractivity contribution in [1.82, 2.24) is 19.7 Å². The highest BCUT2D eigenvalue weighted by Crippen LogP contribution is 2.36. The predicted octanol–water partition coefficient (Wildman–Crippen LogP) is 4.03. The number of hydrogen-bond donors (Lipinski definition) is 0. The minimum atomic E-state index is -0.575. The summed E-state index contributed by atoms with van der Waals surface area (Å²) in [4.78, 5) is 39.5. The normalized spacial score (nSPS) is 22.3. The Labute approximate surface area is 226 Å². The Bertz CT molecular complexity index is 1190. The largest absolute Gasteiger partial charge is 0.444 e. The molecule has 3 heterocycles. The van der Waals surface area contributed by atoms with Crippen molar-refractivity contribution in [3.63, 3.8) is 0 Å². The number of fused-ring (bicyclic) bond motifs is 2. The fraction of sp³-hybridized carbons (Fsp3) is 0.567. The minimum Gasteiger partial charge on any atom is -0.444 e. The third-order valence-electron chi connectivity index (χ3n) is 8.00. The number of ether oxygens (including phenoxy) is 1. The van der Waals surface area contributed by atoms with Gasteiger partial charge in [-0.05, 0) is 89.4 Å². The van der Waals surface area contributed by atoms with Crippen molar-refractivity contribution >= 4 is 17.7 Å². The van der Waals surface area contributed by atoms with Gasteiger partial charge in [0, 0.05) is 38.1 Å². The molecule has 0 spiro atoms. The summed E-state index contributed by atoms with van der Waals surface area (Å²) in [7, 11) is 4.13. The van der Waals surface area contributed by atoms with E-state index in [9.17, 15) is 9.59 Å². The number of hydrogen-bond acceptors (Lipinski definition) is 6. The number of likely N-dealkylation sites (N-methyl/N-ethyl adjacent to an activating group) is 2. The summed E-state index contributed by atoms with van der Waals surface area (Å²) in [5.41, 5.74) is 5.15. The maximum atomic E-state index is 13.5. The van der Waals surface area contributed by atoms with E-state index in [1.54, 1.807) is 0 Å². The van der Waals surface area contributed by atoms with Crippen molar-refractivity contribution in [3.8, 4) is 0 Å². The molecule has 0 unspecified atom stereocenters. The molecule has 0 N–H and O–H groups in total. The number of anilines is 1. The third kappa shape index (κ3) is 5.57. The smallest absolute Gasteiger partial charge is 0.410 e. The molecule has 0 bridgehead atoms. The second-order valence-corrected chi connectivity index (χ2v) is 12.1. The van der Waals surface area contributed by atoms with E-state index in [-0.39, 0.29) is 24.1 Å². The maximum Gasteiger partial charge on any atom is 0.410 e. The number of carbonyl (C=O) groups excluding carboxylic acids is 2. The van der Waals surface area contributed by atoms with Gasteiger partial charge in [0.15, 0.2) is 0 Å². The summed E-state index contributed by atoms with van der Waals surface area (Å²) in [6, 6.07) is 10.5. The van der Waals surface area contributed by atoms with E-state index in [0.717, 1.165) is 42.8 Å². The molecular formula is C30H41N5O3. The quantitative estimate of drug-likeness (QED) is 0.608. The molecular weight excluding hydrogens is 478 g/mol. The van der Waals surface area contributed by atoms with E-state index >= 15 is 0 Å². The first-order valence-electron chi connectivity index (χ1n) is 13.8. The van der Waals surface area contributed by atoms with Crippen LogP contribution >= 0.6 is 0 Å². The lowest BCUT2D eigenvalue weighted by Crippen LogP contribution is -2.52. The van der Waals surface area contributed by atoms with Gasteiger partial charge in [0.25, 0.3) is 0 Å². The van der Waals surface area contributed by atoms with Crippen LogP contribution in [0.3, 0.4) is 0 Å². The first-order chi connectivity index (χ1) is 18.1. The van der Waals surface area contributed by atoms with E-state index in [1.807, 2.05) is 55.9 Å².